The third-order valence-corrected chi connectivity index (χ3v) is 0.784. The third kappa shape index (κ3) is 4.54. The summed E-state index contributed by atoms with van der Waals surface area (Å²) in [6, 6.07) is 0. The second-order valence-electron chi connectivity index (χ2n) is 0.912. The van der Waals surface area contributed by atoms with Crippen molar-refractivity contribution in [1.82, 2.24) is 0 Å². The molecule has 1 atom stereocenters. The molecule has 1 N–H and O–H groups in total. The summed E-state index contributed by atoms with van der Waals surface area (Å²) in [6.07, 6.45) is 0.461. The van der Waals surface area contributed by atoms with E-state index in [0.29, 0.717) is 12.3 Å². The predicted molar refractivity (Wildman–Crippen MR) is 29.3 cm³/mol. The Balaban J connectivity index is 0. The Bertz CT molecular complexity index is 34.1. The minimum Gasteiger partial charge on any atom is -0.378 e. The van der Waals surface area contributed by atoms with Gasteiger partial charge in [-0.05, 0) is 0 Å². The monoisotopic (exact) mass is 130 g/mol. The van der Waals surface area contributed by atoms with Gasteiger partial charge in [0.2, 0.25) is 0 Å². The number of aliphatic hydroxyl groups is 1. The highest BCUT2D eigenvalue weighted by atomic mass is 35.5. The zero-order valence-corrected chi connectivity index (χ0v) is 4.71. The molecule has 0 spiro atoms. The van der Waals surface area contributed by atoms with Crippen LogP contribution in [0.15, 0.2) is 0 Å². The van der Waals surface area contributed by atoms with Crippen LogP contribution < -0.4 is 0 Å². The summed E-state index contributed by atoms with van der Waals surface area (Å²) in [6.45, 7) is 0. The van der Waals surface area contributed by atoms with Gasteiger partial charge in [0.05, 0.1) is 0 Å². The van der Waals surface area contributed by atoms with Gasteiger partial charge in [-0.15, -0.1) is 11.6 Å². The molecular weight excluding hydrogens is 123 g/mol. The van der Waals surface area contributed by atoms with Gasteiger partial charge in [-0.25, -0.2) is 0 Å². The van der Waals surface area contributed by atoms with E-state index in [9.17, 15) is 0 Å². The first-order valence-corrected chi connectivity index (χ1v) is 2.62. The average molecular weight is 131 g/mol. The summed E-state index contributed by atoms with van der Waals surface area (Å²) < 4.78 is 0. The maximum Gasteiger partial charge on any atom is 0.129 e. The Morgan fingerprint density at radius 1 is 1.83 bits per heavy atom. The molecule has 0 aliphatic carbocycles. The van der Waals surface area contributed by atoms with Crippen LogP contribution in [0.25, 0.3) is 0 Å². The first kappa shape index (κ1) is 6.54. The normalized spacial score (nSPS) is 14.5. The Morgan fingerprint density at radius 3 is 2.33 bits per heavy atom. The lowest BCUT2D eigenvalue weighted by atomic mass is 10.5. The summed E-state index contributed by atoms with van der Waals surface area (Å²) in [5.74, 6) is 0.421. The topological polar surface area (TPSA) is 20.2 Å². The van der Waals surface area contributed by atoms with Crippen LogP contribution in [0.4, 0.5) is 0 Å². The van der Waals surface area contributed by atoms with E-state index in [-0.39, 0.29) is 1.43 Å². The summed E-state index contributed by atoms with van der Waals surface area (Å²) >= 11 is 10.2. The molecule has 0 fully saturated rings. The van der Waals surface area contributed by atoms with E-state index < -0.39 is 5.56 Å². The van der Waals surface area contributed by atoms with Crippen molar-refractivity contribution < 1.29 is 6.53 Å². The Labute approximate surface area is 48.4 Å². The molecule has 3 heteroatoms. The van der Waals surface area contributed by atoms with Crippen molar-refractivity contribution in [3.63, 3.8) is 0 Å². The highest BCUT2D eigenvalue weighted by Crippen LogP contribution is 1.96. The molecule has 0 aromatic rings. The summed E-state index contributed by atoms with van der Waals surface area (Å²) in [7, 11) is 0. The van der Waals surface area contributed by atoms with E-state index in [1.54, 1.807) is 0 Å². The lowest BCUT2D eigenvalue weighted by Crippen LogP contribution is -1.94. The summed E-state index contributed by atoms with van der Waals surface area (Å²) in [5.41, 5.74) is -0.762. The van der Waals surface area contributed by atoms with E-state index in [1.807, 2.05) is 0 Å². The molecule has 40 valence electrons. The molecular formula is C3H8Cl2O. The molecule has 0 saturated carbocycles. The van der Waals surface area contributed by atoms with Crippen LogP contribution in [0.3, 0.4) is 0 Å². The van der Waals surface area contributed by atoms with E-state index in [2.05, 4.69) is 0 Å². The second kappa shape index (κ2) is 3.72. The molecule has 0 aliphatic heterocycles. The molecule has 0 heterocycles. The number of hydrogen-bond donors (Lipinski definition) is 1. The van der Waals surface area contributed by atoms with Crippen molar-refractivity contribution in [3.05, 3.63) is 0 Å². The second-order valence-corrected chi connectivity index (χ2v) is 1.79. The molecule has 0 aromatic heterocycles. The predicted octanol–water partition coefficient (Wildman–Crippen LogP) is 1.42. The molecule has 0 amide bonds. The standard InChI is InChI=1S/C3H6Cl2O.H2/c4-2-1-3(5)6;/h3,6H,1-2H2;1H. The maximum atomic E-state index is 8.23. The lowest BCUT2D eigenvalue weighted by Gasteiger charge is -1.91. The molecule has 1 nitrogen and oxygen atoms in total. The molecule has 0 bridgehead atoms. The summed E-state index contributed by atoms with van der Waals surface area (Å²) in [5, 5.41) is 8.23. The van der Waals surface area contributed by atoms with E-state index in [4.69, 9.17) is 28.3 Å². The van der Waals surface area contributed by atoms with E-state index >= 15 is 0 Å². The fraction of sp³-hybridized carbons (Fsp3) is 1.00. The van der Waals surface area contributed by atoms with Crippen LogP contribution in [0.5, 0.6) is 0 Å². The minimum absolute atomic E-state index is 0. The fourth-order valence-corrected chi connectivity index (χ4v) is 0.518. The zero-order chi connectivity index (χ0) is 4.99. The fourth-order valence-electron chi connectivity index (χ4n) is 0.0900. The highest BCUT2D eigenvalue weighted by molar-refractivity contribution is 6.21. The lowest BCUT2D eigenvalue weighted by molar-refractivity contribution is 0.253. The number of halogens is 2. The van der Waals surface area contributed by atoms with Crippen LogP contribution in [-0.2, 0) is 0 Å². The molecule has 0 rings (SSSR count). The van der Waals surface area contributed by atoms with Crippen LogP contribution in [0.1, 0.15) is 7.85 Å². The minimum atomic E-state index is -0.762. The Morgan fingerprint density at radius 2 is 2.33 bits per heavy atom. The highest BCUT2D eigenvalue weighted by Gasteiger charge is 1.91. The molecule has 0 aromatic carbocycles. The van der Waals surface area contributed by atoms with E-state index in [0.717, 1.165) is 0 Å². The van der Waals surface area contributed by atoms with Crippen molar-refractivity contribution >= 4 is 23.2 Å². The zero-order valence-electron chi connectivity index (χ0n) is 3.19. The largest absolute Gasteiger partial charge is 0.378 e. The van der Waals surface area contributed by atoms with Gasteiger partial charge in [0, 0.05) is 13.7 Å². The SMILES string of the molecule is OC(Cl)CCCl.[HH]. The van der Waals surface area contributed by atoms with Gasteiger partial charge < -0.3 is 5.11 Å². The van der Waals surface area contributed by atoms with Crippen LogP contribution in [-0.4, -0.2) is 16.5 Å². The van der Waals surface area contributed by atoms with Crippen molar-refractivity contribution in [2.75, 3.05) is 5.88 Å². The third-order valence-electron chi connectivity index (χ3n) is 0.347. The molecule has 0 aliphatic rings. The smallest absolute Gasteiger partial charge is 0.129 e. The number of hydrogen-bond acceptors (Lipinski definition) is 1. The van der Waals surface area contributed by atoms with Gasteiger partial charge in [0.15, 0.2) is 0 Å². The number of aliphatic hydroxyl groups excluding tert-OH is 1. The van der Waals surface area contributed by atoms with Gasteiger partial charge in [-0.2, -0.15) is 0 Å². The van der Waals surface area contributed by atoms with Crippen LogP contribution >= 0.6 is 23.2 Å². The van der Waals surface area contributed by atoms with Gasteiger partial charge in [0.25, 0.3) is 0 Å². The van der Waals surface area contributed by atoms with Gasteiger partial charge in [-0.1, -0.05) is 11.6 Å². The Hall–Kier alpha value is 0.540. The van der Waals surface area contributed by atoms with Gasteiger partial charge >= 0.3 is 0 Å². The van der Waals surface area contributed by atoms with Crippen molar-refractivity contribution in [1.29, 1.82) is 0 Å². The van der Waals surface area contributed by atoms with E-state index in [1.165, 1.54) is 0 Å². The molecule has 6 heavy (non-hydrogen) atoms. The number of alkyl halides is 2. The van der Waals surface area contributed by atoms with Gasteiger partial charge in [-0.3, -0.25) is 0 Å². The van der Waals surface area contributed by atoms with Gasteiger partial charge in [0.1, 0.15) is 5.56 Å². The quantitative estimate of drug-likeness (QED) is 0.562. The van der Waals surface area contributed by atoms with Crippen molar-refractivity contribution in [2.24, 2.45) is 0 Å². The average Bonchev–Trinajstić information content (AvgIpc) is 1.35. The summed E-state index contributed by atoms with van der Waals surface area (Å²) in [4.78, 5) is 0. The molecule has 0 saturated heterocycles. The van der Waals surface area contributed by atoms with Crippen molar-refractivity contribution in [2.45, 2.75) is 12.0 Å². The number of rotatable bonds is 2. The first-order chi connectivity index (χ1) is 2.77. The van der Waals surface area contributed by atoms with Crippen LogP contribution in [0, 0.1) is 0 Å². The van der Waals surface area contributed by atoms with Crippen molar-refractivity contribution in [3.8, 4) is 0 Å². The molecule has 0 radical (unpaired) electrons. The first-order valence-electron chi connectivity index (χ1n) is 1.65. The Kier molecular flexibility index (Phi) is 4.06. The van der Waals surface area contributed by atoms with Crippen LogP contribution in [0.2, 0.25) is 0 Å². The molecule has 1 unspecified atom stereocenters. The maximum absolute atomic E-state index is 8.23.